The van der Waals surface area contributed by atoms with Gasteiger partial charge in [-0.05, 0) is 87.6 Å². The molecule has 5 nitrogen and oxygen atoms in total. The summed E-state index contributed by atoms with van der Waals surface area (Å²) in [5.74, 6) is 2.73. The first-order chi connectivity index (χ1) is 15.4. The fourth-order valence-corrected chi connectivity index (χ4v) is 8.47. The van der Waals surface area contributed by atoms with Gasteiger partial charge in [-0.15, -0.1) is 0 Å². The lowest BCUT2D eigenvalue weighted by Crippen LogP contribution is -2.60. The molecule has 2 saturated carbocycles. The highest BCUT2D eigenvalue weighted by Gasteiger charge is 2.58. The van der Waals surface area contributed by atoms with E-state index >= 15 is 0 Å². The first-order valence-electron chi connectivity index (χ1n) is 12.8. The molecular weight excluding hydrogens is 398 g/mol. The van der Waals surface area contributed by atoms with Gasteiger partial charge in [-0.1, -0.05) is 25.1 Å². The van der Waals surface area contributed by atoms with Gasteiger partial charge in [-0.2, -0.15) is 5.10 Å². The van der Waals surface area contributed by atoms with Crippen LogP contribution in [-0.2, 0) is 11.3 Å². The van der Waals surface area contributed by atoms with E-state index in [0.29, 0.717) is 24.3 Å². The fraction of sp³-hybridized carbons (Fsp3) is 0.704. The maximum atomic E-state index is 13.6. The maximum Gasteiger partial charge on any atom is 0.157 e. The monoisotopic (exact) mass is 435 g/mol. The largest absolute Gasteiger partial charge is 0.389 e. The van der Waals surface area contributed by atoms with Crippen molar-refractivity contribution in [3.05, 3.63) is 30.5 Å². The van der Waals surface area contributed by atoms with Crippen molar-refractivity contribution < 1.29 is 9.90 Å². The van der Waals surface area contributed by atoms with Crippen molar-refractivity contribution in [2.45, 2.75) is 77.0 Å². The molecule has 1 aromatic carbocycles. The first kappa shape index (κ1) is 20.9. The molecule has 2 unspecified atom stereocenters. The Bertz CT molecular complexity index is 1030. The van der Waals surface area contributed by atoms with Gasteiger partial charge in [-0.25, -0.2) is 0 Å². The predicted octanol–water partition coefficient (Wildman–Crippen LogP) is 4.28. The molecule has 2 aliphatic carbocycles. The lowest BCUT2D eigenvalue weighted by atomic mass is 9.54. The lowest BCUT2D eigenvalue weighted by molar-refractivity contribution is -0.134. The standard InChI is InChI=1S/C27H37N3O2/c1-26(32)12-10-24-20-9-13-27(2)21(19(20)11-14-29(24)17-26)7-8-22(27)25(31)16-30-23-6-4-3-5-18(23)15-28-30/h3-6,15,19-22,24,32H,7-14,16-17H2,1-2H3/t19?,20-,21-,22+,24?,26+,27-/m0/s1. The van der Waals surface area contributed by atoms with Crippen LogP contribution in [-0.4, -0.2) is 50.3 Å². The number of carbonyl (C=O) groups excluding carboxylic acids is 1. The van der Waals surface area contributed by atoms with E-state index in [9.17, 15) is 9.90 Å². The van der Waals surface area contributed by atoms with Crippen LogP contribution in [0.5, 0.6) is 0 Å². The molecule has 32 heavy (non-hydrogen) atoms. The molecule has 0 amide bonds. The Morgan fingerprint density at radius 2 is 1.94 bits per heavy atom. The number of ketones is 1. The Kier molecular flexibility index (Phi) is 4.82. The molecule has 3 heterocycles. The van der Waals surface area contributed by atoms with Crippen LogP contribution in [0.1, 0.15) is 58.8 Å². The Hall–Kier alpha value is -1.72. The number of hydrogen-bond donors (Lipinski definition) is 1. The minimum atomic E-state index is -0.520. The number of aromatic nitrogens is 2. The third-order valence-electron chi connectivity index (χ3n) is 9.97. The predicted molar refractivity (Wildman–Crippen MR) is 125 cm³/mol. The topological polar surface area (TPSA) is 58.4 Å². The van der Waals surface area contributed by atoms with Gasteiger partial charge in [0.05, 0.1) is 17.3 Å². The third kappa shape index (κ3) is 3.19. The molecule has 2 aromatic rings. The van der Waals surface area contributed by atoms with Crippen LogP contribution in [0.25, 0.3) is 10.9 Å². The minimum Gasteiger partial charge on any atom is -0.389 e. The summed E-state index contributed by atoms with van der Waals surface area (Å²) >= 11 is 0. The number of nitrogens with zero attached hydrogens (tertiary/aromatic N) is 3. The van der Waals surface area contributed by atoms with E-state index in [4.69, 9.17) is 0 Å². The minimum absolute atomic E-state index is 0.142. The number of carbonyl (C=O) groups is 1. The number of hydrogen-bond acceptors (Lipinski definition) is 4. The van der Waals surface area contributed by atoms with E-state index in [1.807, 2.05) is 29.9 Å². The van der Waals surface area contributed by atoms with Gasteiger partial charge < -0.3 is 5.11 Å². The highest BCUT2D eigenvalue weighted by molar-refractivity contribution is 5.85. The van der Waals surface area contributed by atoms with E-state index in [1.165, 1.54) is 25.7 Å². The molecule has 4 fully saturated rings. The van der Waals surface area contributed by atoms with Crippen LogP contribution in [0.4, 0.5) is 0 Å². The Balaban J connectivity index is 1.20. The summed E-state index contributed by atoms with van der Waals surface area (Å²) < 4.78 is 1.91. The first-order valence-corrected chi connectivity index (χ1v) is 12.8. The van der Waals surface area contributed by atoms with Crippen LogP contribution in [0.2, 0.25) is 0 Å². The van der Waals surface area contributed by atoms with Crippen molar-refractivity contribution >= 4 is 16.7 Å². The average Bonchev–Trinajstić information content (AvgIpc) is 3.33. The summed E-state index contributed by atoms with van der Waals surface area (Å²) in [6.07, 6.45) is 9.85. The molecule has 1 aromatic heterocycles. The van der Waals surface area contributed by atoms with Gasteiger partial charge in [0.15, 0.2) is 5.78 Å². The number of fused-ring (bicyclic) bond motifs is 6. The van der Waals surface area contributed by atoms with Crippen molar-refractivity contribution in [2.75, 3.05) is 13.1 Å². The Morgan fingerprint density at radius 1 is 1.09 bits per heavy atom. The molecule has 7 atom stereocenters. The third-order valence-corrected chi connectivity index (χ3v) is 9.97. The summed E-state index contributed by atoms with van der Waals surface area (Å²) in [4.78, 5) is 16.2. The van der Waals surface area contributed by atoms with E-state index in [2.05, 4.69) is 29.1 Å². The number of Topliss-reactive ketones (excluding diaryl/α,β-unsaturated/α-hetero) is 1. The van der Waals surface area contributed by atoms with Gasteiger partial charge in [0.2, 0.25) is 0 Å². The van der Waals surface area contributed by atoms with Crippen LogP contribution in [0.15, 0.2) is 30.5 Å². The molecule has 0 radical (unpaired) electrons. The normalized spacial score (nSPS) is 41.8. The van der Waals surface area contributed by atoms with E-state index in [-0.39, 0.29) is 11.3 Å². The highest BCUT2D eigenvalue weighted by Crippen LogP contribution is 2.62. The quantitative estimate of drug-likeness (QED) is 0.782. The number of para-hydroxylation sites is 1. The summed E-state index contributed by atoms with van der Waals surface area (Å²) in [7, 11) is 0. The summed E-state index contributed by atoms with van der Waals surface area (Å²) in [6, 6.07) is 8.82. The van der Waals surface area contributed by atoms with Crippen molar-refractivity contribution in [1.82, 2.24) is 14.7 Å². The van der Waals surface area contributed by atoms with E-state index in [1.54, 1.807) is 0 Å². The zero-order valence-corrected chi connectivity index (χ0v) is 19.5. The number of benzene rings is 1. The van der Waals surface area contributed by atoms with Crippen LogP contribution in [0.3, 0.4) is 0 Å². The molecule has 5 heteroatoms. The molecular formula is C27H37N3O2. The van der Waals surface area contributed by atoms with Crippen molar-refractivity contribution in [3.63, 3.8) is 0 Å². The Labute approximate surface area is 191 Å². The number of aliphatic hydroxyl groups is 1. The van der Waals surface area contributed by atoms with Gasteiger partial charge in [0, 0.05) is 23.9 Å². The Morgan fingerprint density at radius 3 is 2.81 bits per heavy atom. The van der Waals surface area contributed by atoms with Crippen molar-refractivity contribution in [2.24, 2.45) is 29.1 Å². The molecule has 0 spiro atoms. The van der Waals surface area contributed by atoms with Gasteiger partial charge in [0.25, 0.3) is 0 Å². The summed E-state index contributed by atoms with van der Waals surface area (Å²) in [6.45, 7) is 6.79. The average molecular weight is 436 g/mol. The van der Waals surface area contributed by atoms with Gasteiger partial charge >= 0.3 is 0 Å². The molecule has 1 N–H and O–H groups in total. The highest BCUT2D eigenvalue weighted by atomic mass is 16.3. The van der Waals surface area contributed by atoms with Gasteiger partial charge in [0.1, 0.15) is 6.54 Å². The molecule has 0 bridgehead atoms. The number of rotatable bonds is 3. The molecule has 2 aliphatic heterocycles. The van der Waals surface area contributed by atoms with E-state index < -0.39 is 5.60 Å². The van der Waals surface area contributed by atoms with E-state index in [0.717, 1.165) is 55.1 Å². The van der Waals surface area contributed by atoms with Crippen molar-refractivity contribution in [3.8, 4) is 0 Å². The number of piperidine rings is 2. The maximum absolute atomic E-state index is 13.6. The second-order valence-electron chi connectivity index (χ2n) is 11.8. The van der Waals surface area contributed by atoms with Gasteiger partial charge in [-0.3, -0.25) is 14.4 Å². The second-order valence-corrected chi connectivity index (χ2v) is 11.8. The van der Waals surface area contributed by atoms with Crippen LogP contribution < -0.4 is 0 Å². The second kappa shape index (κ2) is 7.39. The molecule has 4 aliphatic rings. The molecule has 172 valence electrons. The van der Waals surface area contributed by atoms with Crippen molar-refractivity contribution in [1.29, 1.82) is 0 Å². The van der Waals surface area contributed by atoms with Crippen LogP contribution >= 0.6 is 0 Å². The lowest BCUT2D eigenvalue weighted by Gasteiger charge is -2.58. The van der Waals surface area contributed by atoms with Crippen LogP contribution in [0, 0.1) is 29.1 Å². The summed E-state index contributed by atoms with van der Waals surface area (Å²) in [5, 5.41) is 16.2. The SMILES string of the molecule is C[C@@]1(O)CCC2[C@H]3CC[C@]4(C)[C@@H](C(=O)Cn5ncc6ccccc65)CC[C@H]4C3CCN2C1. The fourth-order valence-electron chi connectivity index (χ4n) is 8.47. The zero-order valence-electron chi connectivity index (χ0n) is 19.5. The summed E-state index contributed by atoms with van der Waals surface area (Å²) in [5.41, 5.74) is 0.683. The molecule has 2 saturated heterocycles. The smallest absolute Gasteiger partial charge is 0.157 e. The molecule has 6 rings (SSSR count). The zero-order chi connectivity index (χ0) is 22.1.